The van der Waals surface area contributed by atoms with Crippen LogP contribution >= 0.6 is 11.5 Å². The van der Waals surface area contributed by atoms with Gasteiger partial charge in [-0.3, -0.25) is 0 Å². The lowest BCUT2D eigenvalue weighted by Gasteiger charge is -1.95. The van der Waals surface area contributed by atoms with E-state index in [-0.39, 0.29) is 0 Å². The van der Waals surface area contributed by atoms with Crippen LogP contribution in [0.15, 0.2) is 0 Å². The van der Waals surface area contributed by atoms with Crippen LogP contribution in [-0.4, -0.2) is 13.4 Å². The topological polar surface area (TPSA) is 12.0 Å². The molecular weight excluding hydrogens is 120 g/mol. The molecule has 0 atom stereocenters. The first-order chi connectivity index (χ1) is 3.91. The van der Waals surface area contributed by atoms with E-state index in [0.717, 1.165) is 6.54 Å². The molecule has 0 bridgehead atoms. The van der Waals surface area contributed by atoms with Gasteiger partial charge in [0, 0.05) is 0 Å². The molecule has 0 saturated carbocycles. The summed E-state index contributed by atoms with van der Waals surface area (Å²) in [6.07, 6.45) is 3.78. The number of nitrogens with one attached hydrogen (secondary N) is 1. The van der Waals surface area contributed by atoms with E-state index < -0.39 is 0 Å². The molecule has 0 fully saturated rings. The van der Waals surface area contributed by atoms with Gasteiger partial charge < -0.3 is 5.23 Å². The summed E-state index contributed by atoms with van der Waals surface area (Å²) in [4.78, 5) is 0. The van der Waals surface area contributed by atoms with Gasteiger partial charge in [-0.2, -0.15) is 11.5 Å². The molecule has 0 aliphatic heterocycles. The summed E-state index contributed by atoms with van der Waals surface area (Å²) < 4.78 is 0. The Balaban J connectivity index is 2.53. The molecule has 0 aromatic rings. The van der Waals surface area contributed by atoms with Crippen molar-refractivity contribution in [2.75, 3.05) is 6.54 Å². The van der Waals surface area contributed by atoms with Crippen molar-refractivity contribution < 1.29 is 0 Å². The van der Waals surface area contributed by atoms with E-state index in [4.69, 9.17) is 11.5 Å². The lowest BCUT2D eigenvalue weighted by atomic mass is 10.2. The summed E-state index contributed by atoms with van der Waals surface area (Å²) >= 11 is 5.24. The standard InChI is InChI=1S/C5H12BClN/c1-2-3-4-5-8-6-7/h8H,2-5H2,1H3. The van der Waals surface area contributed by atoms with Gasteiger partial charge in [-0.05, 0) is 13.0 Å². The zero-order valence-corrected chi connectivity index (χ0v) is 6.04. The fourth-order valence-electron chi connectivity index (χ4n) is 0.532. The van der Waals surface area contributed by atoms with Crippen LogP contribution in [0.4, 0.5) is 0 Å². The van der Waals surface area contributed by atoms with Crippen LogP contribution in [0.25, 0.3) is 0 Å². The lowest BCUT2D eigenvalue weighted by Crippen LogP contribution is -2.15. The Morgan fingerprint density at radius 3 is 2.75 bits per heavy atom. The van der Waals surface area contributed by atoms with Crippen molar-refractivity contribution >= 4 is 18.3 Å². The van der Waals surface area contributed by atoms with E-state index in [0.29, 0.717) is 0 Å². The summed E-state index contributed by atoms with van der Waals surface area (Å²) in [6, 6.07) is 0. The fraction of sp³-hybridized carbons (Fsp3) is 1.00. The van der Waals surface area contributed by atoms with Crippen molar-refractivity contribution in [1.29, 1.82) is 0 Å². The molecule has 8 heavy (non-hydrogen) atoms. The highest BCUT2D eigenvalue weighted by Crippen LogP contribution is 1.90. The first-order valence-electron chi connectivity index (χ1n) is 3.07. The van der Waals surface area contributed by atoms with Crippen molar-refractivity contribution in [3.8, 4) is 0 Å². The highest BCUT2D eigenvalue weighted by molar-refractivity contribution is 6.92. The van der Waals surface area contributed by atoms with Gasteiger partial charge in [-0.25, -0.2) is 0 Å². The van der Waals surface area contributed by atoms with Crippen LogP contribution in [0.3, 0.4) is 0 Å². The van der Waals surface area contributed by atoms with Gasteiger partial charge >= 0.3 is 6.83 Å². The summed E-state index contributed by atoms with van der Waals surface area (Å²) in [7, 11) is 0. The quantitative estimate of drug-likeness (QED) is 0.442. The maximum atomic E-state index is 5.24. The minimum Gasteiger partial charge on any atom is -0.346 e. The Hall–Kier alpha value is 0.315. The Morgan fingerprint density at radius 1 is 1.50 bits per heavy atom. The van der Waals surface area contributed by atoms with Gasteiger partial charge in [0.15, 0.2) is 0 Å². The molecule has 0 spiro atoms. The first-order valence-corrected chi connectivity index (χ1v) is 3.50. The predicted molar refractivity (Wildman–Crippen MR) is 39.1 cm³/mol. The van der Waals surface area contributed by atoms with Crippen molar-refractivity contribution in [2.45, 2.75) is 26.2 Å². The summed E-state index contributed by atoms with van der Waals surface area (Å²) in [5.41, 5.74) is 0. The highest BCUT2D eigenvalue weighted by Gasteiger charge is 1.84. The second-order valence-corrected chi connectivity index (χ2v) is 1.99. The fourth-order valence-corrected chi connectivity index (χ4v) is 0.641. The largest absolute Gasteiger partial charge is 0.346 e. The van der Waals surface area contributed by atoms with Gasteiger partial charge in [0.25, 0.3) is 0 Å². The van der Waals surface area contributed by atoms with E-state index in [9.17, 15) is 0 Å². The van der Waals surface area contributed by atoms with E-state index in [1.165, 1.54) is 26.1 Å². The Labute approximate surface area is 57.0 Å². The van der Waals surface area contributed by atoms with Gasteiger partial charge in [0.05, 0.1) is 0 Å². The van der Waals surface area contributed by atoms with Crippen LogP contribution < -0.4 is 5.23 Å². The van der Waals surface area contributed by atoms with Crippen LogP contribution in [0.2, 0.25) is 0 Å². The summed E-state index contributed by atoms with van der Waals surface area (Å²) in [5.74, 6) is 0. The number of hydrogen-bond donors (Lipinski definition) is 1. The van der Waals surface area contributed by atoms with E-state index >= 15 is 0 Å². The van der Waals surface area contributed by atoms with Crippen molar-refractivity contribution in [3.63, 3.8) is 0 Å². The predicted octanol–water partition coefficient (Wildman–Crippen LogP) is 1.54. The Kier molecular flexibility index (Phi) is 7.60. The minimum atomic E-state index is 1.01. The number of rotatable bonds is 5. The van der Waals surface area contributed by atoms with Crippen molar-refractivity contribution in [3.05, 3.63) is 0 Å². The van der Waals surface area contributed by atoms with Gasteiger partial charge in [0.1, 0.15) is 0 Å². The van der Waals surface area contributed by atoms with Gasteiger partial charge in [-0.1, -0.05) is 19.8 Å². The zero-order chi connectivity index (χ0) is 6.24. The third kappa shape index (κ3) is 6.31. The molecule has 0 aliphatic carbocycles. The Bertz CT molecular complexity index is 37.4. The molecule has 0 saturated heterocycles. The maximum Gasteiger partial charge on any atom is 0.332 e. The molecule has 0 aliphatic rings. The second kappa shape index (κ2) is 7.31. The Morgan fingerprint density at radius 2 is 2.25 bits per heavy atom. The molecule has 1 nitrogen and oxygen atoms in total. The summed E-state index contributed by atoms with van der Waals surface area (Å²) in [5, 5.41) is 2.92. The molecule has 0 heterocycles. The normalized spacial score (nSPS) is 9.25. The van der Waals surface area contributed by atoms with Crippen LogP contribution in [0.5, 0.6) is 0 Å². The first kappa shape index (κ1) is 8.31. The third-order valence-electron chi connectivity index (χ3n) is 1.00. The molecule has 47 valence electrons. The van der Waals surface area contributed by atoms with Crippen molar-refractivity contribution in [1.82, 2.24) is 5.23 Å². The lowest BCUT2D eigenvalue weighted by molar-refractivity contribution is 0.704. The minimum absolute atomic E-state index is 1.01. The monoisotopic (exact) mass is 132 g/mol. The number of hydrogen-bond acceptors (Lipinski definition) is 1. The average Bonchev–Trinajstić information content (AvgIpc) is 1.81. The molecule has 0 rings (SSSR count). The van der Waals surface area contributed by atoms with E-state index in [1.807, 2.05) is 0 Å². The molecule has 1 N–H and O–H groups in total. The third-order valence-corrected chi connectivity index (χ3v) is 1.16. The van der Waals surface area contributed by atoms with Crippen LogP contribution in [0, 0.1) is 0 Å². The maximum absolute atomic E-state index is 5.24. The zero-order valence-electron chi connectivity index (χ0n) is 5.28. The molecule has 0 aromatic heterocycles. The number of unbranched alkanes of at least 4 members (excludes halogenated alkanes) is 2. The van der Waals surface area contributed by atoms with Gasteiger partial charge in [-0.15, -0.1) is 0 Å². The van der Waals surface area contributed by atoms with Crippen LogP contribution in [-0.2, 0) is 0 Å². The van der Waals surface area contributed by atoms with Crippen LogP contribution in [0.1, 0.15) is 26.2 Å². The smallest absolute Gasteiger partial charge is 0.332 e. The molecule has 3 heteroatoms. The molecular formula is C5H12BClN. The second-order valence-electron chi connectivity index (χ2n) is 1.77. The molecule has 1 radical (unpaired) electrons. The van der Waals surface area contributed by atoms with E-state index in [1.54, 1.807) is 0 Å². The van der Waals surface area contributed by atoms with Crippen molar-refractivity contribution in [2.24, 2.45) is 0 Å². The highest BCUT2D eigenvalue weighted by atomic mass is 35.5. The van der Waals surface area contributed by atoms with Gasteiger partial charge in [0.2, 0.25) is 0 Å². The van der Waals surface area contributed by atoms with E-state index in [2.05, 4.69) is 12.2 Å². The molecule has 0 unspecified atom stereocenters. The summed E-state index contributed by atoms with van der Waals surface area (Å²) in [6.45, 7) is 4.66. The number of halogens is 1. The molecule has 0 amide bonds. The SMILES string of the molecule is CCCCCN[B]Cl. The average molecular weight is 132 g/mol. The molecule has 0 aromatic carbocycles.